The van der Waals surface area contributed by atoms with Gasteiger partial charge in [-0.2, -0.15) is 0 Å². The van der Waals surface area contributed by atoms with Crippen LogP contribution >= 0.6 is 15.9 Å². The number of ether oxygens (including phenoxy) is 2. The zero-order chi connectivity index (χ0) is 15.0. The summed E-state index contributed by atoms with van der Waals surface area (Å²) in [6.07, 6.45) is 2.99. The van der Waals surface area contributed by atoms with E-state index in [1.165, 1.54) is 7.11 Å². The standard InChI is InChI=1S/C14H18BrNO4S/c1-19-12-5-4-10(15)8-13(12)21(17,18)16-11-6-7-20-14(11)9-2-3-9/h4-5,8-9,11,14,16H,2-3,6-7H2,1H3. The van der Waals surface area contributed by atoms with Crippen LogP contribution in [-0.2, 0) is 14.8 Å². The molecule has 2 fully saturated rings. The van der Waals surface area contributed by atoms with Gasteiger partial charge in [0.1, 0.15) is 10.6 Å². The van der Waals surface area contributed by atoms with Crippen molar-refractivity contribution in [2.75, 3.05) is 13.7 Å². The molecule has 1 saturated carbocycles. The van der Waals surface area contributed by atoms with E-state index in [2.05, 4.69) is 20.7 Å². The smallest absolute Gasteiger partial charge is 0.244 e. The molecule has 1 aromatic rings. The molecule has 1 aliphatic heterocycles. The van der Waals surface area contributed by atoms with Gasteiger partial charge in [0.15, 0.2) is 0 Å². The second-order valence-electron chi connectivity index (χ2n) is 5.48. The fourth-order valence-electron chi connectivity index (χ4n) is 2.75. The molecule has 0 spiro atoms. The molecule has 0 radical (unpaired) electrons. The van der Waals surface area contributed by atoms with Crippen LogP contribution in [0.2, 0.25) is 0 Å². The van der Waals surface area contributed by atoms with Gasteiger partial charge in [0.25, 0.3) is 0 Å². The molecule has 3 rings (SSSR count). The highest BCUT2D eigenvalue weighted by Gasteiger charge is 2.42. The van der Waals surface area contributed by atoms with Crippen LogP contribution in [0.1, 0.15) is 19.3 Å². The van der Waals surface area contributed by atoms with E-state index in [0.717, 1.165) is 19.3 Å². The Labute approximate surface area is 133 Å². The molecule has 1 saturated heterocycles. The average molecular weight is 376 g/mol. The summed E-state index contributed by atoms with van der Waals surface area (Å²) in [6, 6.07) is 4.81. The second-order valence-corrected chi connectivity index (χ2v) is 8.08. The molecule has 1 N–H and O–H groups in total. The third-order valence-corrected chi connectivity index (χ3v) is 5.95. The summed E-state index contributed by atoms with van der Waals surface area (Å²) in [5.41, 5.74) is 0. The molecule has 0 aromatic heterocycles. The number of nitrogens with one attached hydrogen (secondary N) is 1. The van der Waals surface area contributed by atoms with Crippen molar-refractivity contribution in [3.8, 4) is 5.75 Å². The van der Waals surface area contributed by atoms with Gasteiger partial charge in [0.05, 0.1) is 19.3 Å². The fraction of sp³-hybridized carbons (Fsp3) is 0.571. The summed E-state index contributed by atoms with van der Waals surface area (Å²) in [5.74, 6) is 0.845. The summed E-state index contributed by atoms with van der Waals surface area (Å²) in [5, 5.41) is 0. The molecule has 21 heavy (non-hydrogen) atoms. The van der Waals surface area contributed by atoms with Gasteiger partial charge in [-0.05, 0) is 43.4 Å². The average Bonchev–Trinajstić information content (AvgIpc) is 3.19. The van der Waals surface area contributed by atoms with Crippen molar-refractivity contribution in [3.63, 3.8) is 0 Å². The second kappa shape index (κ2) is 5.87. The first kappa shape index (κ1) is 15.3. The van der Waals surface area contributed by atoms with Gasteiger partial charge in [0.2, 0.25) is 10.0 Å². The Hall–Kier alpha value is -0.630. The maximum absolute atomic E-state index is 12.6. The Morgan fingerprint density at radius 2 is 2.10 bits per heavy atom. The first-order valence-electron chi connectivity index (χ1n) is 6.99. The molecular weight excluding hydrogens is 358 g/mol. The van der Waals surface area contributed by atoms with Crippen molar-refractivity contribution in [2.24, 2.45) is 5.92 Å². The van der Waals surface area contributed by atoms with Gasteiger partial charge < -0.3 is 9.47 Å². The summed E-state index contributed by atoms with van der Waals surface area (Å²) >= 11 is 3.30. The Bertz CT molecular complexity index is 630. The molecule has 0 bridgehead atoms. The first-order valence-corrected chi connectivity index (χ1v) is 9.26. The first-order chi connectivity index (χ1) is 10.0. The molecule has 0 amide bonds. The molecule has 7 heteroatoms. The lowest BCUT2D eigenvalue weighted by Crippen LogP contribution is -2.41. The van der Waals surface area contributed by atoms with Gasteiger partial charge >= 0.3 is 0 Å². The van der Waals surface area contributed by atoms with Crippen LogP contribution in [0.15, 0.2) is 27.6 Å². The third-order valence-electron chi connectivity index (χ3n) is 3.94. The van der Waals surface area contributed by atoms with Crippen LogP contribution in [0.25, 0.3) is 0 Å². The maximum atomic E-state index is 12.6. The highest BCUT2D eigenvalue weighted by molar-refractivity contribution is 9.10. The van der Waals surface area contributed by atoms with E-state index in [4.69, 9.17) is 9.47 Å². The van der Waals surface area contributed by atoms with E-state index in [-0.39, 0.29) is 17.0 Å². The molecule has 1 aromatic carbocycles. The molecular formula is C14H18BrNO4S. The summed E-state index contributed by atoms with van der Waals surface area (Å²) in [6.45, 7) is 0.615. The number of methoxy groups -OCH3 is 1. The number of hydrogen-bond acceptors (Lipinski definition) is 4. The minimum Gasteiger partial charge on any atom is -0.495 e. The normalized spacial score (nSPS) is 26.0. The summed E-state index contributed by atoms with van der Waals surface area (Å²) in [4.78, 5) is 0.154. The van der Waals surface area contributed by atoms with Gasteiger partial charge in [-0.15, -0.1) is 0 Å². The minimum absolute atomic E-state index is 0.0120. The number of hydrogen-bond donors (Lipinski definition) is 1. The van der Waals surface area contributed by atoms with Gasteiger partial charge in [-0.3, -0.25) is 0 Å². The quantitative estimate of drug-likeness (QED) is 0.857. The zero-order valence-electron chi connectivity index (χ0n) is 11.7. The summed E-state index contributed by atoms with van der Waals surface area (Å²) < 4.78 is 39.6. The minimum atomic E-state index is -3.63. The van der Waals surface area contributed by atoms with Gasteiger partial charge in [-0.1, -0.05) is 15.9 Å². The molecule has 2 unspecified atom stereocenters. The molecule has 1 heterocycles. The van der Waals surface area contributed by atoms with Crippen LogP contribution < -0.4 is 9.46 Å². The highest BCUT2D eigenvalue weighted by Crippen LogP contribution is 2.39. The maximum Gasteiger partial charge on any atom is 0.244 e. The molecule has 2 aliphatic rings. The van der Waals surface area contributed by atoms with E-state index in [0.29, 0.717) is 22.7 Å². The number of benzene rings is 1. The van der Waals surface area contributed by atoms with Crippen molar-refractivity contribution in [1.82, 2.24) is 4.72 Å². The lowest BCUT2D eigenvalue weighted by atomic mass is 10.1. The zero-order valence-corrected chi connectivity index (χ0v) is 14.1. The van der Waals surface area contributed by atoms with Crippen molar-refractivity contribution in [1.29, 1.82) is 0 Å². The predicted octanol–water partition coefficient (Wildman–Crippen LogP) is 2.30. The van der Waals surface area contributed by atoms with Crippen molar-refractivity contribution in [3.05, 3.63) is 22.7 Å². The van der Waals surface area contributed by atoms with Crippen LogP contribution in [0.5, 0.6) is 5.75 Å². The Morgan fingerprint density at radius 3 is 2.76 bits per heavy atom. The molecule has 116 valence electrons. The lowest BCUT2D eigenvalue weighted by Gasteiger charge is -2.20. The monoisotopic (exact) mass is 375 g/mol. The largest absolute Gasteiger partial charge is 0.495 e. The van der Waals surface area contributed by atoms with Crippen molar-refractivity contribution < 1.29 is 17.9 Å². The van der Waals surface area contributed by atoms with E-state index >= 15 is 0 Å². The number of sulfonamides is 1. The lowest BCUT2D eigenvalue weighted by molar-refractivity contribution is 0.0848. The van der Waals surface area contributed by atoms with Crippen molar-refractivity contribution in [2.45, 2.75) is 36.3 Å². The van der Waals surface area contributed by atoms with Crippen LogP contribution in [0.3, 0.4) is 0 Å². The topological polar surface area (TPSA) is 64.6 Å². The van der Waals surface area contributed by atoms with Gasteiger partial charge in [0, 0.05) is 11.1 Å². The van der Waals surface area contributed by atoms with E-state index in [9.17, 15) is 8.42 Å². The van der Waals surface area contributed by atoms with Crippen LogP contribution in [-0.4, -0.2) is 34.3 Å². The highest BCUT2D eigenvalue weighted by atomic mass is 79.9. The van der Waals surface area contributed by atoms with E-state index < -0.39 is 10.0 Å². The van der Waals surface area contributed by atoms with Crippen LogP contribution in [0, 0.1) is 5.92 Å². The van der Waals surface area contributed by atoms with Crippen molar-refractivity contribution >= 4 is 26.0 Å². The predicted molar refractivity (Wildman–Crippen MR) is 81.9 cm³/mol. The fourth-order valence-corrected chi connectivity index (χ4v) is 4.74. The number of halogens is 1. The Balaban J connectivity index is 1.85. The van der Waals surface area contributed by atoms with E-state index in [1.54, 1.807) is 18.2 Å². The number of rotatable bonds is 5. The van der Waals surface area contributed by atoms with E-state index in [1.807, 2.05) is 0 Å². The van der Waals surface area contributed by atoms with Crippen LogP contribution in [0.4, 0.5) is 0 Å². The Kier molecular flexibility index (Phi) is 4.27. The third kappa shape index (κ3) is 3.26. The Morgan fingerprint density at radius 1 is 1.33 bits per heavy atom. The SMILES string of the molecule is COc1ccc(Br)cc1S(=O)(=O)NC1CCOC1C1CC1. The molecule has 2 atom stereocenters. The van der Waals surface area contributed by atoms with Gasteiger partial charge in [-0.25, -0.2) is 13.1 Å². The molecule has 5 nitrogen and oxygen atoms in total. The summed E-state index contributed by atoms with van der Waals surface area (Å²) in [7, 11) is -2.17. The molecule has 1 aliphatic carbocycles.